The largest absolute Gasteiger partial charge is 0.369 e. The number of carbonyl (C=O) groups excluding carboxylic acids is 2. The van der Waals surface area contributed by atoms with Crippen LogP contribution in [0.5, 0.6) is 0 Å². The standard InChI is InChI=1S/C17H22FN5O2S/c1-4-23-15(21-22-17(23)26-9-13(19)24)14(10(2)3)20-16(25)11-7-5-6-8-12(11)18/h5-8,10,14H,4,9H2,1-3H3,(H2,19,24)(H,20,25). The molecule has 1 unspecified atom stereocenters. The Morgan fingerprint density at radius 2 is 2.00 bits per heavy atom. The summed E-state index contributed by atoms with van der Waals surface area (Å²) in [5.41, 5.74) is 5.16. The second-order valence-electron chi connectivity index (χ2n) is 6.02. The number of amides is 2. The number of nitrogens with zero attached hydrogens (tertiary/aromatic N) is 3. The number of rotatable bonds is 8. The van der Waals surface area contributed by atoms with E-state index in [1.54, 1.807) is 6.07 Å². The predicted molar refractivity (Wildman–Crippen MR) is 97.1 cm³/mol. The van der Waals surface area contributed by atoms with Crippen molar-refractivity contribution in [2.45, 2.75) is 38.5 Å². The van der Waals surface area contributed by atoms with Crippen molar-refractivity contribution >= 4 is 23.6 Å². The van der Waals surface area contributed by atoms with Gasteiger partial charge in [0.2, 0.25) is 5.91 Å². The Morgan fingerprint density at radius 1 is 1.31 bits per heavy atom. The highest BCUT2D eigenvalue weighted by Gasteiger charge is 2.26. The van der Waals surface area contributed by atoms with Crippen LogP contribution in [-0.4, -0.2) is 32.3 Å². The molecule has 9 heteroatoms. The molecule has 1 atom stereocenters. The van der Waals surface area contributed by atoms with Gasteiger partial charge in [0.15, 0.2) is 11.0 Å². The van der Waals surface area contributed by atoms with Gasteiger partial charge in [-0.05, 0) is 25.0 Å². The fourth-order valence-corrected chi connectivity index (χ4v) is 3.21. The van der Waals surface area contributed by atoms with Gasteiger partial charge in [0, 0.05) is 6.54 Å². The molecule has 0 fully saturated rings. The summed E-state index contributed by atoms with van der Waals surface area (Å²) in [6.07, 6.45) is 0. The average Bonchev–Trinajstić information content (AvgIpc) is 3.00. The zero-order valence-electron chi connectivity index (χ0n) is 14.9. The minimum Gasteiger partial charge on any atom is -0.369 e. The van der Waals surface area contributed by atoms with Crippen molar-refractivity contribution in [3.05, 3.63) is 41.5 Å². The average molecular weight is 379 g/mol. The maximum Gasteiger partial charge on any atom is 0.254 e. The Labute approximate surface area is 155 Å². The fourth-order valence-electron chi connectivity index (χ4n) is 2.46. The van der Waals surface area contributed by atoms with Gasteiger partial charge in [-0.25, -0.2) is 4.39 Å². The Hall–Kier alpha value is -2.42. The molecule has 0 spiro atoms. The summed E-state index contributed by atoms with van der Waals surface area (Å²) in [5, 5.41) is 11.7. The van der Waals surface area contributed by atoms with Crippen LogP contribution < -0.4 is 11.1 Å². The Bertz CT molecular complexity index is 793. The molecule has 3 N–H and O–H groups in total. The number of primary amides is 1. The van der Waals surface area contributed by atoms with E-state index in [1.165, 1.54) is 30.0 Å². The molecule has 1 heterocycles. The second kappa shape index (κ2) is 8.79. The quantitative estimate of drug-likeness (QED) is 0.684. The molecule has 7 nitrogen and oxygen atoms in total. The van der Waals surface area contributed by atoms with E-state index in [4.69, 9.17) is 5.73 Å². The van der Waals surface area contributed by atoms with Crippen molar-refractivity contribution in [3.63, 3.8) is 0 Å². The van der Waals surface area contributed by atoms with Crippen LogP contribution in [-0.2, 0) is 11.3 Å². The van der Waals surface area contributed by atoms with Crippen molar-refractivity contribution < 1.29 is 14.0 Å². The van der Waals surface area contributed by atoms with Gasteiger partial charge < -0.3 is 15.6 Å². The number of nitrogens with one attached hydrogen (secondary N) is 1. The smallest absolute Gasteiger partial charge is 0.254 e. The zero-order chi connectivity index (χ0) is 19.3. The van der Waals surface area contributed by atoms with Crippen LogP contribution in [0.3, 0.4) is 0 Å². The zero-order valence-corrected chi connectivity index (χ0v) is 15.7. The van der Waals surface area contributed by atoms with E-state index in [0.29, 0.717) is 17.5 Å². The lowest BCUT2D eigenvalue weighted by Crippen LogP contribution is -2.34. The molecule has 0 aliphatic carbocycles. The highest BCUT2D eigenvalue weighted by atomic mass is 32.2. The van der Waals surface area contributed by atoms with Gasteiger partial charge in [-0.3, -0.25) is 9.59 Å². The summed E-state index contributed by atoms with van der Waals surface area (Å²) in [5.74, 6) is -0.906. The molecular formula is C17H22FN5O2S. The third-order valence-corrected chi connectivity index (χ3v) is 4.74. The number of hydrogen-bond donors (Lipinski definition) is 2. The summed E-state index contributed by atoms with van der Waals surface area (Å²) in [6, 6.07) is 5.35. The monoisotopic (exact) mass is 379 g/mol. The fraction of sp³-hybridized carbons (Fsp3) is 0.412. The molecule has 2 rings (SSSR count). The number of nitrogens with two attached hydrogens (primary N) is 1. The highest BCUT2D eigenvalue weighted by Crippen LogP contribution is 2.25. The normalized spacial score (nSPS) is 12.2. The number of halogens is 1. The molecule has 2 aromatic rings. The van der Waals surface area contributed by atoms with Crippen LogP contribution in [0.4, 0.5) is 4.39 Å². The first-order chi connectivity index (χ1) is 12.3. The molecule has 0 saturated heterocycles. The number of thioether (sulfide) groups is 1. The van der Waals surface area contributed by atoms with Crippen LogP contribution >= 0.6 is 11.8 Å². The predicted octanol–water partition coefficient (Wildman–Crippen LogP) is 2.14. The second-order valence-corrected chi connectivity index (χ2v) is 6.96. The minimum absolute atomic E-state index is 0.00536. The maximum atomic E-state index is 13.9. The number of carbonyl (C=O) groups is 2. The van der Waals surface area contributed by atoms with Crippen LogP contribution in [0.15, 0.2) is 29.4 Å². The van der Waals surface area contributed by atoms with Crippen LogP contribution in [0.25, 0.3) is 0 Å². The molecular weight excluding hydrogens is 357 g/mol. The molecule has 0 aliphatic rings. The molecule has 1 aromatic carbocycles. The minimum atomic E-state index is -0.581. The Balaban J connectivity index is 2.28. The lowest BCUT2D eigenvalue weighted by molar-refractivity contribution is -0.115. The van der Waals surface area contributed by atoms with Crippen molar-refractivity contribution in [2.24, 2.45) is 11.7 Å². The lowest BCUT2D eigenvalue weighted by Gasteiger charge is -2.22. The first kappa shape index (κ1) is 19.9. The SMILES string of the molecule is CCn1c(SCC(N)=O)nnc1C(NC(=O)c1ccccc1F)C(C)C. The molecule has 0 aliphatic heterocycles. The Morgan fingerprint density at radius 3 is 2.58 bits per heavy atom. The molecule has 26 heavy (non-hydrogen) atoms. The third kappa shape index (κ3) is 4.60. The van der Waals surface area contributed by atoms with Crippen molar-refractivity contribution in [2.75, 3.05) is 5.75 Å². The lowest BCUT2D eigenvalue weighted by atomic mass is 10.0. The van der Waals surface area contributed by atoms with E-state index in [9.17, 15) is 14.0 Å². The molecule has 0 bridgehead atoms. The van der Waals surface area contributed by atoms with Crippen LogP contribution in [0.2, 0.25) is 0 Å². The molecule has 0 saturated carbocycles. The van der Waals surface area contributed by atoms with E-state index in [0.717, 1.165) is 0 Å². The molecule has 0 radical (unpaired) electrons. The van der Waals surface area contributed by atoms with Gasteiger partial charge in [-0.1, -0.05) is 37.7 Å². The summed E-state index contributed by atoms with van der Waals surface area (Å²) in [4.78, 5) is 23.5. The third-order valence-electron chi connectivity index (χ3n) is 3.76. The van der Waals surface area contributed by atoms with Crippen molar-refractivity contribution in [1.29, 1.82) is 0 Å². The summed E-state index contributed by atoms with van der Waals surface area (Å²) in [7, 11) is 0. The van der Waals surface area contributed by atoms with Crippen molar-refractivity contribution in [3.8, 4) is 0 Å². The van der Waals surface area contributed by atoms with E-state index in [2.05, 4.69) is 15.5 Å². The van der Waals surface area contributed by atoms with Gasteiger partial charge in [-0.15, -0.1) is 10.2 Å². The highest BCUT2D eigenvalue weighted by molar-refractivity contribution is 7.99. The first-order valence-electron chi connectivity index (χ1n) is 8.24. The van der Waals surface area contributed by atoms with Crippen LogP contribution in [0.1, 0.15) is 43.0 Å². The molecule has 1 aromatic heterocycles. The molecule has 2 amide bonds. The summed E-state index contributed by atoms with van der Waals surface area (Å²) >= 11 is 1.19. The summed E-state index contributed by atoms with van der Waals surface area (Å²) < 4.78 is 15.7. The van der Waals surface area contributed by atoms with Gasteiger partial charge in [0.25, 0.3) is 5.91 Å². The first-order valence-corrected chi connectivity index (χ1v) is 9.23. The van der Waals surface area contributed by atoms with Gasteiger partial charge in [0.05, 0.1) is 17.4 Å². The van der Waals surface area contributed by atoms with Gasteiger partial charge in [-0.2, -0.15) is 0 Å². The number of benzene rings is 1. The number of hydrogen-bond acceptors (Lipinski definition) is 5. The van der Waals surface area contributed by atoms with Crippen molar-refractivity contribution in [1.82, 2.24) is 20.1 Å². The maximum absolute atomic E-state index is 13.9. The van der Waals surface area contributed by atoms with E-state index >= 15 is 0 Å². The van der Waals surface area contributed by atoms with E-state index < -0.39 is 23.7 Å². The van der Waals surface area contributed by atoms with Gasteiger partial charge >= 0.3 is 0 Å². The molecule has 140 valence electrons. The van der Waals surface area contributed by atoms with E-state index in [-0.39, 0.29) is 17.2 Å². The summed E-state index contributed by atoms with van der Waals surface area (Å²) in [6.45, 7) is 6.33. The van der Waals surface area contributed by atoms with Crippen LogP contribution in [0, 0.1) is 11.7 Å². The Kier molecular flexibility index (Phi) is 6.73. The van der Waals surface area contributed by atoms with Gasteiger partial charge in [0.1, 0.15) is 5.82 Å². The topological polar surface area (TPSA) is 103 Å². The number of aromatic nitrogens is 3. The van der Waals surface area contributed by atoms with E-state index in [1.807, 2.05) is 25.3 Å².